The van der Waals surface area contributed by atoms with Gasteiger partial charge in [0.25, 0.3) is 0 Å². The summed E-state index contributed by atoms with van der Waals surface area (Å²) in [6.45, 7) is 0.182. The Morgan fingerprint density at radius 3 is 2.80 bits per heavy atom. The summed E-state index contributed by atoms with van der Waals surface area (Å²) >= 11 is 0. The fourth-order valence-corrected chi connectivity index (χ4v) is 1.87. The Morgan fingerprint density at radius 2 is 2.13 bits per heavy atom. The molecule has 0 fully saturated rings. The summed E-state index contributed by atoms with van der Waals surface area (Å²) in [5.74, 6) is 0.864. The van der Waals surface area contributed by atoms with Gasteiger partial charge < -0.3 is 14.4 Å². The van der Waals surface area contributed by atoms with Crippen molar-refractivity contribution in [3.63, 3.8) is 0 Å². The number of benzene rings is 1. The first-order chi connectivity index (χ1) is 7.26. The second-order valence-electron chi connectivity index (χ2n) is 3.59. The normalized spacial score (nSPS) is 10.9. The van der Waals surface area contributed by atoms with Gasteiger partial charge in [0.15, 0.2) is 0 Å². The maximum atomic E-state index is 8.93. The third-order valence-electron chi connectivity index (χ3n) is 2.72. The number of nitrogens with zero attached hydrogens (tertiary/aromatic N) is 1. The Labute approximate surface area is 88.9 Å². The fraction of sp³-hybridized carbons (Fsp3) is 0.333. The number of hydrogen-bond acceptors (Lipinski definition) is 2. The summed E-state index contributed by atoms with van der Waals surface area (Å²) in [6.07, 6.45) is 0.688. The minimum atomic E-state index is 0.182. The van der Waals surface area contributed by atoms with Crippen molar-refractivity contribution >= 4 is 10.9 Å². The molecular formula is C12H15NO2. The second-order valence-corrected chi connectivity index (χ2v) is 3.59. The van der Waals surface area contributed by atoms with Gasteiger partial charge >= 0.3 is 0 Å². The topological polar surface area (TPSA) is 34.4 Å². The molecule has 2 rings (SSSR count). The molecule has 1 aromatic heterocycles. The van der Waals surface area contributed by atoms with Crippen LogP contribution in [0.4, 0.5) is 0 Å². The number of hydrogen-bond donors (Lipinski definition) is 1. The van der Waals surface area contributed by atoms with Gasteiger partial charge in [-0.25, -0.2) is 0 Å². The van der Waals surface area contributed by atoms with E-state index in [-0.39, 0.29) is 6.61 Å². The number of aromatic nitrogens is 1. The van der Waals surface area contributed by atoms with Crippen LogP contribution in [0.2, 0.25) is 0 Å². The number of aliphatic hydroxyl groups excluding tert-OH is 1. The van der Waals surface area contributed by atoms with Gasteiger partial charge in [0.2, 0.25) is 0 Å². The summed E-state index contributed by atoms with van der Waals surface area (Å²) in [4.78, 5) is 0. The maximum absolute atomic E-state index is 8.93. The van der Waals surface area contributed by atoms with Gasteiger partial charge in [-0.15, -0.1) is 0 Å². The summed E-state index contributed by atoms with van der Waals surface area (Å²) in [7, 11) is 3.68. The van der Waals surface area contributed by atoms with E-state index in [1.807, 2.05) is 25.2 Å². The number of aliphatic hydroxyl groups is 1. The highest BCUT2D eigenvalue weighted by Gasteiger charge is 2.05. The molecule has 15 heavy (non-hydrogen) atoms. The van der Waals surface area contributed by atoms with E-state index in [4.69, 9.17) is 9.84 Å². The van der Waals surface area contributed by atoms with Crippen molar-refractivity contribution in [1.29, 1.82) is 0 Å². The van der Waals surface area contributed by atoms with Gasteiger partial charge in [0.05, 0.1) is 7.11 Å². The smallest absolute Gasteiger partial charge is 0.119 e. The summed E-state index contributed by atoms with van der Waals surface area (Å²) in [5, 5.41) is 10.1. The van der Waals surface area contributed by atoms with Crippen molar-refractivity contribution < 1.29 is 9.84 Å². The first kappa shape index (κ1) is 10.1. The van der Waals surface area contributed by atoms with E-state index < -0.39 is 0 Å². The van der Waals surface area contributed by atoms with E-state index in [2.05, 4.69) is 10.6 Å². The third-order valence-corrected chi connectivity index (χ3v) is 2.72. The molecule has 0 amide bonds. The van der Waals surface area contributed by atoms with Crippen LogP contribution in [0.3, 0.4) is 0 Å². The van der Waals surface area contributed by atoms with E-state index in [1.54, 1.807) is 7.11 Å². The Hall–Kier alpha value is -1.48. The lowest BCUT2D eigenvalue weighted by Gasteiger charge is -2.02. The van der Waals surface area contributed by atoms with E-state index in [1.165, 1.54) is 5.52 Å². The zero-order chi connectivity index (χ0) is 10.8. The third kappa shape index (κ3) is 1.70. The molecule has 3 nitrogen and oxygen atoms in total. The molecule has 0 aliphatic carbocycles. The van der Waals surface area contributed by atoms with Crippen molar-refractivity contribution in [2.45, 2.75) is 6.42 Å². The van der Waals surface area contributed by atoms with E-state index >= 15 is 0 Å². The molecule has 0 saturated carbocycles. The van der Waals surface area contributed by atoms with Gasteiger partial charge in [-0.05, 0) is 24.3 Å². The Bertz CT molecular complexity index is 474. The molecule has 0 atom stereocenters. The lowest BCUT2D eigenvalue weighted by molar-refractivity contribution is 0.297. The van der Waals surface area contributed by atoms with E-state index in [0.717, 1.165) is 16.8 Å². The van der Waals surface area contributed by atoms with Crippen molar-refractivity contribution in [3.05, 3.63) is 30.0 Å². The Balaban J connectivity index is 2.55. The molecule has 0 spiro atoms. The largest absolute Gasteiger partial charge is 0.497 e. The number of aryl methyl sites for hydroxylation is 1. The van der Waals surface area contributed by atoms with Crippen LogP contribution in [0, 0.1) is 0 Å². The predicted octanol–water partition coefficient (Wildman–Crippen LogP) is 1.72. The molecule has 2 aromatic rings. The first-order valence-electron chi connectivity index (χ1n) is 4.99. The molecule has 0 radical (unpaired) electrons. The lowest BCUT2D eigenvalue weighted by Crippen LogP contribution is -1.98. The van der Waals surface area contributed by atoms with Crippen LogP contribution in [-0.2, 0) is 13.5 Å². The van der Waals surface area contributed by atoms with Crippen LogP contribution in [-0.4, -0.2) is 23.4 Å². The summed E-state index contributed by atoms with van der Waals surface area (Å²) in [5.41, 5.74) is 2.31. The van der Waals surface area contributed by atoms with Crippen LogP contribution in [0.15, 0.2) is 24.3 Å². The van der Waals surface area contributed by atoms with Crippen LogP contribution in [0.25, 0.3) is 10.9 Å². The van der Waals surface area contributed by atoms with Gasteiger partial charge in [0.1, 0.15) is 5.75 Å². The number of ether oxygens (including phenoxy) is 1. The van der Waals surface area contributed by atoms with Crippen LogP contribution in [0.1, 0.15) is 5.69 Å². The van der Waals surface area contributed by atoms with E-state index in [9.17, 15) is 0 Å². The molecule has 0 unspecified atom stereocenters. The highest BCUT2D eigenvalue weighted by molar-refractivity contribution is 5.82. The van der Waals surface area contributed by atoms with Gasteiger partial charge in [-0.1, -0.05) is 0 Å². The van der Waals surface area contributed by atoms with Crippen molar-refractivity contribution in [1.82, 2.24) is 4.57 Å². The molecular weight excluding hydrogens is 190 g/mol. The zero-order valence-electron chi connectivity index (χ0n) is 9.03. The molecule has 1 aromatic carbocycles. The predicted molar refractivity (Wildman–Crippen MR) is 60.3 cm³/mol. The van der Waals surface area contributed by atoms with Crippen LogP contribution < -0.4 is 4.74 Å². The average Bonchev–Trinajstić information content (AvgIpc) is 2.56. The second kappa shape index (κ2) is 3.95. The summed E-state index contributed by atoms with van der Waals surface area (Å²) < 4.78 is 7.27. The zero-order valence-corrected chi connectivity index (χ0v) is 9.03. The highest BCUT2D eigenvalue weighted by Crippen LogP contribution is 2.23. The molecule has 3 heteroatoms. The summed E-state index contributed by atoms with van der Waals surface area (Å²) in [6, 6.07) is 8.09. The quantitative estimate of drug-likeness (QED) is 0.828. The Morgan fingerprint density at radius 1 is 1.33 bits per heavy atom. The lowest BCUT2D eigenvalue weighted by atomic mass is 10.2. The molecule has 80 valence electrons. The van der Waals surface area contributed by atoms with Crippen molar-refractivity contribution in [2.75, 3.05) is 13.7 Å². The van der Waals surface area contributed by atoms with Crippen LogP contribution >= 0.6 is 0 Å². The number of methoxy groups -OCH3 is 1. The fourth-order valence-electron chi connectivity index (χ4n) is 1.87. The minimum Gasteiger partial charge on any atom is -0.497 e. The monoisotopic (exact) mass is 205 g/mol. The molecule has 1 N–H and O–H groups in total. The SMILES string of the molecule is COc1ccc2c(c1)cc(CCO)n2C. The minimum absolute atomic E-state index is 0.182. The van der Waals surface area contributed by atoms with Gasteiger partial charge in [-0.2, -0.15) is 0 Å². The van der Waals surface area contributed by atoms with Crippen molar-refractivity contribution in [2.24, 2.45) is 7.05 Å². The Kier molecular flexibility index (Phi) is 2.64. The molecule has 0 aliphatic rings. The first-order valence-corrected chi connectivity index (χ1v) is 4.99. The molecule has 0 saturated heterocycles. The van der Waals surface area contributed by atoms with Crippen molar-refractivity contribution in [3.8, 4) is 5.75 Å². The highest BCUT2D eigenvalue weighted by atomic mass is 16.5. The van der Waals surface area contributed by atoms with Gasteiger partial charge in [-0.3, -0.25) is 0 Å². The van der Waals surface area contributed by atoms with Crippen LogP contribution in [0.5, 0.6) is 5.75 Å². The average molecular weight is 205 g/mol. The maximum Gasteiger partial charge on any atom is 0.119 e. The molecule has 0 bridgehead atoms. The molecule has 1 heterocycles. The standard InChI is InChI=1S/C12H15NO2/c1-13-10(5-6-14)7-9-8-11(15-2)3-4-12(9)13/h3-4,7-8,14H,5-6H2,1-2H3. The number of rotatable bonds is 3. The molecule has 0 aliphatic heterocycles. The number of fused-ring (bicyclic) bond motifs is 1. The van der Waals surface area contributed by atoms with E-state index in [0.29, 0.717) is 6.42 Å². The van der Waals surface area contributed by atoms with Gasteiger partial charge in [0, 0.05) is 36.7 Å².